The van der Waals surface area contributed by atoms with Crippen LogP contribution in [0.5, 0.6) is 0 Å². The Kier molecular flexibility index (Phi) is 9.46. The maximum absolute atomic E-state index is 11.8. The van der Waals surface area contributed by atoms with E-state index in [2.05, 4.69) is 48.3 Å². The Balaban J connectivity index is 0.000000795. The molecule has 0 spiro atoms. The van der Waals surface area contributed by atoms with Crippen molar-refractivity contribution in [1.29, 1.82) is 0 Å². The van der Waals surface area contributed by atoms with Crippen molar-refractivity contribution in [2.24, 2.45) is 0 Å². The summed E-state index contributed by atoms with van der Waals surface area (Å²) < 4.78 is 10.7. The first-order valence-electron chi connectivity index (χ1n) is 11.0. The zero-order chi connectivity index (χ0) is 25.3. The smallest absolute Gasteiger partial charge is 0.288 e. The van der Waals surface area contributed by atoms with Crippen LogP contribution in [-0.2, 0) is 14.9 Å². The molecule has 1 aromatic heterocycles. The van der Waals surface area contributed by atoms with E-state index in [-0.39, 0.29) is 10.4 Å². The number of hydrogen-bond donors (Lipinski definition) is 2. The van der Waals surface area contributed by atoms with Crippen LogP contribution in [0.25, 0.3) is 0 Å². The van der Waals surface area contributed by atoms with Crippen molar-refractivity contribution in [3.63, 3.8) is 0 Å². The van der Waals surface area contributed by atoms with Gasteiger partial charge in [-0.05, 0) is 23.1 Å². The summed E-state index contributed by atoms with van der Waals surface area (Å²) in [5.41, 5.74) is 2.59. The van der Waals surface area contributed by atoms with Gasteiger partial charge < -0.3 is 0 Å². The second-order valence-electron chi connectivity index (χ2n) is 7.61. The van der Waals surface area contributed by atoms with E-state index in [4.69, 9.17) is 19.5 Å². The van der Waals surface area contributed by atoms with E-state index in [9.17, 15) is 4.79 Å². The van der Waals surface area contributed by atoms with Gasteiger partial charge >= 0.3 is 8.25 Å². The largest absolute Gasteiger partial charge is 0.692 e. The summed E-state index contributed by atoms with van der Waals surface area (Å²) in [6.07, 6.45) is 2.58. The maximum atomic E-state index is 11.8. The lowest BCUT2D eigenvalue weighted by atomic mass is 9.77. The zero-order valence-corrected chi connectivity index (χ0v) is 21.1. The molecule has 3 aromatic carbocycles. The molecule has 180 valence electrons. The van der Waals surface area contributed by atoms with E-state index in [1.165, 1.54) is 11.8 Å². The van der Waals surface area contributed by atoms with Crippen LogP contribution in [0.1, 0.15) is 48.0 Å². The van der Waals surface area contributed by atoms with Crippen LogP contribution in [0.3, 0.4) is 0 Å². The van der Waals surface area contributed by atoms with Gasteiger partial charge in [-0.2, -0.15) is 5.10 Å². The molecule has 0 aliphatic rings. The quantitative estimate of drug-likeness (QED) is 0.252. The molecule has 0 aliphatic carbocycles. The molecule has 7 nitrogen and oxygen atoms in total. The minimum absolute atomic E-state index is 0.0706. The third-order valence-corrected chi connectivity index (χ3v) is 6.56. The SMILES string of the molecule is CCC(SC(C)=O)c1ncn(C(c2ccccc2)(c2ccccc2)c2ccccc2)n1.O=[P+](O)O. The average molecular weight is 509 g/mol. The number of hydrogen-bond acceptors (Lipinski definition) is 5. The number of aromatic nitrogens is 3. The van der Waals surface area contributed by atoms with Crippen molar-refractivity contribution in [2.45, 2.75) is 31.1 Å². The van der Waals surface area contributed by atoms with Gasteiger partial charge in [-0.1, -0.05) is 110 Å². The Bertz CT molecular complexity index is 1140. The summed E-state index contributed by atoms with van der Waals surface area (Å²) in [6, 6.07) is 31.1. The predicted octanol–water partition coefficient (Wildman–Crippen LogP) is 5.48. The lowest BCUT2D eigenvalue weighted by Gasteiger charge is -2.35. The first kappa shape index (κ1) is 26.4. The fourth-order valence-corrected chi connectivity index (χ4v) is 4.82. The summed E-state index contributed by atoms with van der Waals surface area (Å²) in [5.74, 6) is 0.676. The topological polar surface area (TPSA) is 105 Å². The van der Waals surface area contributed by atoms with Gasteiger partial charge in [0.1, 0.15) is 11.9 Å². The third kappa shape index (κ3) is 6.29. The number of nitrogens with zero attached hydrogens (tertiary/aromatic N) is 3. The molecule has 0 radical (unpaired) electrons. The highest BCUT2D eigenvalue weighted by atomic mass is 32.2. The van der Waals surface area contributed by atoms with Gasteiger partial charge in [0, 0.05) is 11.5 Å². The molecule has 1 atom stereocenters. The van der Waals surface area contributed by atoms with Crippen LogP contribution in [0.15, 0.2) is 97.3 Å². The molecule has 0 amide bonds. The van der Waals surface area contributed by atoms with Gasteiger partial charge in [0.25, 0.3) is 0 Å². The highest BCUT2D eigenvalue weighted by Crippen LogP contribution is 2.41. The molecule has 1 heterocycles. The minimum Gasteiger partial charge on any atom is -0.288 e. The molecule has 1 unspecified atom stereocenters. The van der Waals surface area contributed by atoms with Gasteiger partial charge in [0.2, 0.25) is 0 Å². The van der Waals surface area contributed by atoms with Gasteiger partial charge in [-0.3, -0.25) is 4.79 Å². The Labute approximate surface area is 209 Å². The molecule has 35 heavy (non-hydrogen) atoms. The Morgan fingerprint density at radius 1 is 0.914 bits per heavy atom. The van der Waals surface area contributed by atoms with Gasteiger partial charge in [-0.25, -0.2) is 9.67 Å². The molecule has 4 aromatic rings. The Morgan fingerprint density at radius 2 is 1.31 bits per heavy atom. The van der Waals surface area contributed by atoms with Crippen LogP contribution in [-0.4, -0.2) is 29.7 Å². The summed E-state index contributed by atoms with van der Waals surface area (Å²) in [5, 5.41) is 4.97. The Hall–Kier alpha value is -3.16. The summed E-state index contributed by atoms with van der Waals surface area (Å²) >= 11 is 1.29. The summed E-state index contributed by atoms with van der Waals surface area (Å²) in [6.45, 7) is 3.65. The van der Waals surface area contributed by atoms with E-state index >= 15 is 0 Å². The first-order valence-corrected chi connectivity index (χ1v) is 13.0. The van der Waals surface area contributed by atoms with Crippen LogP contribution < -0.4 is 0 Å². The van der Waals surface area contributed by atoms with E-state index in [1.54, 1.807) is 13.3 Å². The highest BCUT2D eigenvalue weighted by molar-refractivity contribution is 8.13. The Morgan fingerprint density at radius 3 is 1.66 bits per heavy atom. The molecule has 9 heteroatoms. The van der Waals surface area contributed by atoms with Crippen LogP contribution in [0, 0.1) is 0 Å². The molecule has 0 saturated heterocycles. The molecule has 2 N–H and O–H groups in total. The second kappa shape index (κ2) is 12.5. The van der Waals surface area contributed by atoms with Crippen LogP contribution in [0.2, 0.25) is 0 Å². The van der Waals surface area contributed by atoms with Gasteiger partial charge in [0.05, 0.1) is 5.25 Å². The van der Waals surface area contributed by atoms with Crippen molar-refractivity contribution in [1.82, 2.24) is 14.8 Å². The highest BCUT2D eigenvalue weighted by Gasteiger charge is 2.40. The van der Waals surface area contributed by atoms with Crippen molar-refractivity contribution in [3.8, 4) is 0 Å². The predicted molar refractivity (Wildman–Crippen MR) is 138 cm³/mol. The number of rotatable bonds is 7. The first-order chi connectivity index (χ1) is 16.9. The molecular formula is C26H27N3O4PS+. The monoisotopic (exact) mass is 508 g/mol. The average Bonchev–Trinajstić information content (AvgIpc) is 3.35. The van der Waals surface area contributed by atoms with Crippen molar-refractivity contribution in [2.75, 3.05) is 0 Å². The lowest BCUT2D eigenvalue weighted by Crippen LogP contribution is -2.38. The second-order valence-corrected chi connectivity index (χ2v) is 9.50. The number of carbonyl (C=O) groups excluding carboxylic acids is 1. The third-order valence-electron chi connectivity index (χ3n) is 5.39. The zero-order valence-electron chi connectivity index (χ0n) is 19.4. The number of carbonyl (C=O) groups is 1. The van der Waals surface area contributed by atoms with Crippen molar-refractivity contribution < 1.29 is 19.1 Å². The van der Waals surface area contributed by atoms with Crippen LogP contribution >= 0.6 is 20.0 Å². The molecule has 0 saturated carbocycles. The molecule has 4 rings (SSSR count). The normalized spacial score (nSPS) is 11.8. The van der Waals surface area contributed by atoms with Crippen LogP contribution in [0.4, 0.5) is 0 Å². The minimum atomic E-state index is -2.87. The molecule has 0 bridgehead atoms. The standard InChI is InChI=1S/C26H25N3OS.HO3P/c1-3-24(31-20(2)30)25-27-19-29(28-25)26(21-13-7-4-8-14-21,22-15-9-5-10-16-22)23-17-11-6-12-18-23;1-4(2)3/h4-19,24H,3H2,1-2H3;(H-,1,2,3)/p+1. The number of thioether (sulfide) groups is 1. The van der Waals surface area contributed by atoms with E-state index < -0.39 is 13.8 Å². The van der Waals surface area contributed by atoms with E-state index in [0.717, 1.165) is 23.1 Å². The fourth-order valence-electron chi connectivity index (χ4n) is 4.04. The summed E-state index contributed by atoms with van der Waals surface area (Å²) in [4.78, 5) is 30.7. The van der Waals surface area contributed by atoms with Crippen molar-refractivity contribution >= 4 is 25.1 Å². The lowest BCUT2D eigenvalue weighted by molar-refractivity contribution is -0.109. The van der Waals surface area contributed by atoms with Crippen molar-refractivity contribution in [3.05, 3.63) is 120 Å². The maximum Gasteiger partial charge on any atom is 0.692 e. The van der Waals surface area contributed by atoms with Gasteiger partial charge in [-0.15, -0.1) is 9.79 Å². The van der Waals surface area contributed by atoms with Gasteiger partial charge in [0.15, 0.2) is 10.9 Å². The number of benzene rings is 3. The molecule has 0 aliphatic heterocycles. The summed E-state index contributed by atoms with van der Waals surface area (Å²) in [7, 11) is -2.87. The molecular weight excluding hydrogens is 481 g/mol. The van der Waals surface area contributed by atoms with E-state index in [1.807, 2.05) is 59.3 Å². The fraction of sp³-hybridized carbons (Fsp3) is 0.192. The molecule has 0 fully saturated rings. The van der Waals surface area contributed by atoms with E-state index in [0.29, 0.717) is 5.82 Å².